The number of halogens is 3. The molecule has 1 N–H and O–H groups in total. The van der Waals surface area contributed by atoms with Gasteiger partial charge < -0.3 is 15.1 Å². The fourth-order valence-electron chi connectivity index (χ4n) is 5.65. The lowest BCUT2D eigenvalue weighted by molar-refractivity contribution is -0.137. The summed E-state index contributed by atoms with van der Waals surface area (Å²) in [5, 5.41) is 3.54. The second kappa shape index (κ2) is 10.6. The van der Waals surface area contributed by atoms with E-state index in [2.05, 4.69) is 57.0 Å². The third kappa shape index (κ3) is 5.65. The number of piperazine rings is 1. The standard InChI is InChI=1S/C30H33F3N6/c1-37-14-16-38(17-15-37)28-7-3-6-27-35-25(20-39(27)28)18-24-13-10-22-4-2-5-26(29(22)36-24)34-19-21-8-11-23(12-9-21)30(31,32)33/h3,6-13,20,26,34H,2,4-5,14-19H2,1H3. The number of likely N-dealkylation sites (N-methyl/N-ethyl adjacent to an activating group) is 1. The van der Waals surface area contributed by atoms with Crippen molar-refractivity contribution in [2.24, 2.45) is 0 Å². The Bertz CT molecular complexity index is 1440. The zero-order valence-electron chi connectivity index (χ0n) is 22.1. The lowest BCUT2D eigenvalue weighted by Crippen LogP contribution is -2.45. The largest absolute Gasteiger partial charge is 0.416 e. The first-order valence-corrected chi connectivity index (χ1v) is 13.6. The highest BCUT2D eigenvalue weighted by Gasteiger charge is 2.30. The maximum Gasteiger partial charge on any atom is 0.416 e. The van der Waals surface area contributed by atoms with Crippen molar-refractivity contribution in [1.29, 1.82) is 0 Å². The quantitative estimate of drug-likeness (QED) is 0.366. The Morgan fingerprint density at radius 3 is 2.49 bits per heavy atom. The number of hydrogen-bond donors (Lipinski definition) is 1. The van der Waals surface area contributed by atoms with Gasteiger partial charge in [0, 0.05) is 51.0 Å². The molecule has 2 aliphatic rings. The molecule has 4 aromatic rings. The molecule has 0 saturated carbocycles. The van der Waals surface area contributed by atoms with Crippen molar-refractivity contribution in [3.63, 3.8) is 0 Å². The van der Waals surface area contributed by atoms with Crippen LogP contribution in [-0.4, -0.2) is 52.5 Å². The number of aryl methyl sites for hydroxylation is 1. The Morgan fingerprint density at radius 1 is 0.923 bits per heavy atom. The van der Waals surface area contributed by atoms with E-state index >= 15 is 0 Å². The Kier molecular flexibility index (Phi) is 7.03. The SMILES string of the molecule is CN1CCN(c2cccc3nc(Cc4ccc5c(n4)C(NCc4ccc(C(F)(F)F)cc4)CCC5)cn23)CC1. The van der Waals surface area contributed by atoms with Crippen LogP contribution >= 0.6 is 0 Å². The van der Waals surface area contributed by atoms with Gasteiger partial charge in [0.25, 0.3) is 0 Å². The molecule has 6 rings (SSSR count). The van der Waals surface area contributed by atoms with Crippen LogP contribution in [0.25, 0.3) is 5.65 Å². The van der Waals surface area contributed by atoms with Gasteiger partial charge in [-0.2, -0.15) is 13.2 Å². The molecule has 1 aromatic carbocycles. The third-order valence-electron chi connectivity index (χ3n) is 7.88. The first kappa shape index (κ1) is 25.8. The van der Waals surface area contributed by atoms with Crippen LogP contribution in [0.15, 0.2) is 60.8 Å². The van der Waals surface area contributed by atoms with Crippen LogP contribution in [0.5, 0.6) is 0 Å². The van der Waals surface area contributed by atoms with Crippen LogP contribution in [0.4, 0.5) is 19.0 Å². The number of alkyl halides is 3. The monoisotopic (exact) mass is 534 g/mol. The molecule has 1 atom stereocenters. The summed E-state index contributed by atoms with van der Waals surface area (Å²) in [6, 6.07) is 16.0. The molecule has 9 heteroatoms. The van der Waals surface area contributed by atoms with Crippen LogP contribution < -0.4 is 10.2 Å². The van der Waals surface area contributed by atoms with Gasteiger partial charge >= 0.3 is 6.18 Å². The van der Waals surface area contributed by atoms with E-state index < -0.39 is 11.7 Å². The first-order chi connectivity index (χ1) is 18.8. The smallest absolute Gasteiger partial charge is 0.355 e. The third-order valence-corrected chi connectivity index (χ3v) is 7.88. The number of benzene rings is 1. The zero-order chi connectivity index (χ0) is 27.0. The van der Waals surface area contributed by atoms with Gasteiger partial charge in [-0.05, 0) is 67.8 Å². The molecule has 0 bridgehead atoms. The van der Waals surface area contributed by atoms with Crippen LogP contribution in [0.3, 0.4) is 0 Å². The zero-order valence-corrected chi connectivity index (χ0v) is 22.1. The molecule has 1 aliphatic heterocycles. The average molecular weight is 535 g/mol. The van der Waals surface area contributed by atoms with Crippen molar-refractivity contribution in [2.45, 2.75) is 44.4 Å². The van der Waals surface area contributed by atoms with E-state index in [0.29, 0.717) is 13.0 Å². The van der Waals surface area contributed by atoms with Crippen LogP contribution in [0.2, 0.25) is 0 Å². The molecule has 3 aromatic heterocycles. The lowest BCUT2D eigenvalue weighted by atomic mass is 9.91. The van der Waals surface area contributed by atoms with Gasteiger partial charge in [0.2, 0.25) is 0 Å². The summed E-state index contributed by atoms with van der Waals surface area (Å²) in [4.78, 5) is 14.7. The number of fused-ring (bicyclic) bond motifs is 2. The second-order valence-electron chi connectivity index (χ2n) is 10.7. The highest BCUT2D eigenvalue weighted by atomic mass is 19.4. The van der Waals surface area contributed by atoms with Gasteiger partial charge in [-0.25, -0.2) is 4.98 Å². The first-order valence-electron chi connectivity index (χ1n) is 13.6. The van der Waals surface area contributed by atoms with Crippen molar-refractivity contribution >= 4 is 11.5 Å². The van der Waals surface area contributed by atoms with Crippen molar-refractivity contribution in [3.05, 3.63) is 94.6 Å². The molecule has 6 nitrogen and oxygen atoms in total. The predicted molar refractivity (Wildman–Crippen MR) is 146 cm³/mol. The number of imidazole rings is 1. The van der Waals surface area contributed by atoms with E-state index in [1.165, 1.54) is 11.4 Å². The van der Waals surface area contributed by atoms with Crippen molar-refractivity contribution < 1.29 is 13.2 Å². The van der Waals surface area contributed by atoms with E-state index in [-0.39, 0.29) is 6.04 Å². The molecule has 1 saturated heterocycles. The molecule has 0 radical (unpaired) electrons. The number of nitrogens with zero attached hydrogens (tertiary/aromatic N) is 5. The van der Waals surface area contributed by atoms with Gasteiger partial charge in [0.1, 0.15) is 11.5 Å². The molecule has 204 valence electrons. The number of pyridine rings is 2. The summed E-state index contributed by atoms with van der Waals surface area (Å²) in [5.41, 5.74) is 5.39. The van der Waals surface area contributed by atoms with Gasteiger partial charge in [-0.1, -0.05) is 24.3 Å². The van der Waals surface area contributed by atoms with Crippen LogP contribution in [0, 0.1) is 0 Å². The summed E-state index contributed by atoms with van der Waals surface area (Å²) in [6.07, 6.45) is 1.45. The molecule has 0 amide bonds. The summed E-state index contributed by atoms with van der Waals surface area (Å²) in [5.74, 6) is 1.17. The summed E-state index contributed by atoms with van der Waals surface area (Å²) in [7, 11) is 2.16. The minimum absolute atomic E-state index is 0.0703. The van der Waals surface area contributed by atoms with E-state index in [4.69, 9.17) is 9.97 Å². The minimum Gasteiger partial charge on any atom is -0.355 e. The number of rotatable bonds is 6. The number of nitrogens with one attached hydrogen (secondary N) is 1. The van der Waals surface area contributed by atoms with Crippen LogP contribution in [0.1, 0.15) is 52.7 Å². The molecule has 39 heavy (non-hydrogen) atoms. The van der Waals surface area contributed by atoms with Gasteiger partial charge in [0.05, 0.1) is 23.0 Å². The van der Waals surface area contributed by atoms with Crippen LogP contribution in [-0.2, 0) is 25.6 Å². The fraction of sp³-hybridized carbons (Fsp3) is 0.400. The number of anilines is 1. The summed E-state index contributed by atoms with van der Waals surface area (Å²) in [6.45, 7) is 4.58. The van der Waals surface area contributed by atoms with Crippen molar-refractivity contribution in [1.82, 2.24) is 24.6 Å². The molecular weight excluding hydrogens is 501 g/mol. The summed E-state index contributed by atoms with van der Waals surface area (Å²) >= 11 is 0. The van der Waals surface area contributed by atoms with Crippen molar-refractivity contribution in [3.8, 4) is 0 Å². The van der Waals surface area contributed by atoms with Gasteiger partial charge in [-0.15, -0.1) is 0 Å². The highest BCUT2D eigenvalue weighted by molar-refractivity contribution is 5.53. The Hall–Kier alpha value is -3.43. The number of hydrogen-bond acceptors (Lipinski definition) is 5. The Morgan fingerprint density at radius 2 is 1.72 bits per heavy atom. The molecule has 1 aliphatic carbocycles. The highest BCUT2D eigenvalue weighted by Crippen LogP contribution is 2.31. The number of aromatic nitrogens is 3. The average Bonchev–Trinajstić information content (AvgIpc) is 3.35. The van der Waals surface area contributed by atoms with Crippen molar-refractivity contribution in [2.75, 3.05) is 38.1 Å². The molecule has 1 unspecified atom stereocenters. The maximum absolute atomic E-state index is 12.9. The molecule has 0 spiro atoms. The maximum atomic E-state index is 12.9. The molecule has 4 heterocycles. The normalized spacial score (nSPS) is 18.5. The predicted octanol–water partition coefficient (Wildman–Crippen LogP) is 5.26. The van der Waals surface area contributed by atoms with E-state index in [1.54, 1.807) is 12.1 Å². The topological polar surface area (TPSA) is 48.7 Å². The Labute approximate surface area is 226 Å². The van der Waals surface area contributed by atoms with Gasteiger partial charge in [0.15, 0.2) is 0 Å². The minimum atomic E-state index is -4.32. The van der Waals surface area contributed by atoms with E-state index in [9.17, 15) is 13.2 Å². The summed E-state index contributed by atoms with van der Waals surface area (Å²) < 4.78 is 40.9. The van der Waals surface area contributed by atoms with E-state index in [0.717, 1.165) is 85.9 Å². The Balaban J connectivity index is 1.18. The van der Waals surface area contributed by atoms with E-state index in [1.807, 2.05) is 6.07 Å². The molecule has 1 fully saturated rings. The second-order valence-corrected chi connectivity index (χ2v) is 10.7. The van der Waals surface area contributed by atoms with Gasteiger partial charge in [-0.3, -0.25) is 9.38 Å². The molecular formula is C30H33F3N6. The lowest BCUT2D eigenvalue weighted by Gasteiger charge is -2.34. The fourth-order valence-corrected chi connectivity index (χ4v) is 5.65.